The van der Waals surface area contributed by atoms with Crippen LogP contribution in [0.5, 0.6) is 0 Å². The zero-order valence-electron chi connectivity index (χ0n) is 12.9. The van der Waals surface area contributed by atoms with E-state index in [9.17, 15) is 13.7 Å². The molecule has 116 valence electrons. The minimum absolute atomic E-state index is 0.223. The molecule has 1 heterocycles. The fourth-order valence-corrected chi connectivity index (χ4v) is 2.66. The molecule has 0 aromatic heterocycles. The summed E-state index contributed by atoms with van der Waals surface area (Å²) in [5.74, 6) is 1.42. The van der Waals surface area contributed by atoms with Crippen LogP contribution in [0.2, 0.25) is 0 Å². The highest BCUT2D eigenvalue weighted by Gasteiger charge is 2.25. The van der Waals surface area contributed by atoms with Crippen molar-refractivity contribution in [3.8, 4) is 6.07 Å². The van der Waals surface area contributed by atoms with Gasteiger partial charge in [-0.1, -0.05) is 6.58 Å². The van der Waals surface area contributed by atoms with Crippen LogP contribution in [0, 0.1) is 18.3 Å². The molecular formula is C14H17N5O2S. The van der Waals surface area contributed by atoms with Crippen LogP contribution in [0.3, 0.4) is 0 Å². The van der Waals surface area contributed by atoms with Crippen LogP contribution in [0.4, 0.5) is 11.4 Å². The number of nitriles is 1. The highest BCUT2D eigenvalue weighted by Crippen LogP contribution is 2.33. The number of nitrogens with zero attached hydrogens (tertiary/aromatic N) is 4. The van der Waals surface area contributed by atoms with Crippen LogP contribution in [-0.4, -0.2) is 32.5 Å². The summed E-state index contributed by atoms with van der Waals surface area (Å²) in [4.78, 5) is 1.82. The summed E-state index contributed by atoms with van der Waals surface area (Å²) >= 11 is 0. The van der Waals surface area contributed by atoms with Crippen molar-refractivity contribution < 1.29 is 8.42 Å². The molecule has 0 amide bonds. The average molecular weight is 319 g/mol. The van der Waals surface area contributed by atoms with Gasteiger partial charge in [0.1, 0.15) is 17.7 Å². The topological polar surface area (TPSA) is 88.8 Å². The van der Waals surface area contributed by atoms with Gasteiger partial charge in [0.15, 0.2) is 0 Å². The molecule has 1 aromatic carbocycles. The number of hydrazone groups is 1. The third-order valence-electron chi connectivity index (χ3n) is 3.34. The highest BCUT2D eigenvalue weighted by molar-refractivity contribution is 7.92. The number of amidine groups is 1. The van der Waals surface area contributed by atoms with E-state index in [4.69, 9.17) is 0 Å². The molecule has 0 unspecified atom stereocenters. The van der Waals surface area contributed by atoms with Gasteiger partial charge in [-0.25, -0.2) is 13.4 Å². The zero-order valence-corrected chi connectivity index (χ0v) is 13.7. The first kappa shape index (κ1) is 15.9. The van der Waals surface area contributed by atoms with Crippen LogP contribution >= 0.6 is 0 Å². The Balaban J connectivity index is 2.57. The second-order valence-corrected chi connectivity index (χ2v) is 6.85. The van der Waals surface area contributed by atoms with Gasteiger partial charge in [-0.2, -0.15) is 10.4 Å². The molecular weight excluding hydrogens is 302 g/mol. The lowest BCUT2D eigenvalue weighted by molar-refractivity contribution is 0.607. The van der Waals surface area contributed by atoms with E-state index in [0.717, 1.165) is 17.7 Å². The number of aryl methyl sites for hydroxylation is 1. The van der Waals surface area contributed by atoms with Crippen LogP contribution in [0.25, 0.3) is 0 Å². The first-order chi connectivity index (χ1) is 10.1. The highest BCUT2D eigenvalue weighted by atomic mass is 32.2. The molecule has 2 rings (SSSR count). The van der Waals surface area contributed by atoms with Crippen molar-refractivity contribution in [2.45, 2.75) is 13.8 Å². The molecule has 0 bridgehead atoms. The van der Waals surface area contributed by atoms with Crippen molar-refractivity contribution in [1.82, 2.24) is 4.90 Å². The van der Waals surface area contributed by atoms with Crippen LogP contribution in [-0.2, 0) is 10.0 Å². The second kappa shape index (κ2) is 5.35. The molecule has 1 aliphatic heterocycles. The largest absolute Gasteiger partial charge is 0.317 e. The van der Waals surface area contributed by atoms with Gasteiger partial charge < -0.3 is 4.90 Å². The molecule has 0 saturated carbocycles. The zero-order chi connectivity index (χ0) is 16.7. The fraction of sp³-hybridized carbons (Fsp3) is 0.286. The lowest BCUT2D eigenvalue weighted by Gasteiger charge is -2.21. The molecule has 0 spiro atoms. The minimum atomic E-state index is -3.49. The number of sulfonamides is 1. The predicted octanol–water partition coefficient (Wildman–Crippen LogP) is 1.79. The normalized spacial score (nSPS) is 14.9. The molecule has 0 saturated heterocycles. The Labute approximate surface area is 130 Å². The first-order valence-electron chi connectivity index (χ1n) is 6.44. The van der Waals surface area contributed by atoms with Gasteiger partial charge >= 0.3 is 0 Å². The number of anilines is 2. The lowest BCUT2D eigenvalue weighted by atomic mass is 10.1. The van der Waals surface area contributed by atoms with Gasteiger partial charge in [0.25, 0.3) is 0 Å². The third-order valence-corrected chi connectivity index (χ3v) is 3.93. The Hall–Kier alpha value is -2.53. The van der Waals surface area contributed by atoms with E-state index in [1.165, 1.54) is 0 Å². The molecule has 0 radical (unpaired) electrons. The Kier molecular flexibility index (Phi) is 3.85. The Morgan fingerprint density at radius 1 is 1.36 bits per heavy atom. The van der Waals surface area contributed by atoms with E-state index in [-0.39, 0.29) is 11.3 Å². The summed E-state index contributed by atoms with van der Waals surface area (Å²) in [6, 6.07) is 5.21. The van der Waals surface area contributed by atoms with Gasteiger partial charge in [-0.3, -0.25) is 4.72 Å². The molecule has 1 aromatic rings. The van der Waals surface area contributed by atoms with Crippen LogP contribution < -0.4 is 9.73 Å². The average Bonchev–Trinajstić information content (AvgIpc) is 2.66. The minimum Gasteiger partial charge on any atom is -0.317 e. The lowest BCUT2D eigenvalue weighted by Crippen LogP contribution is -2.22. The molecule has 0 aliphatic carbocycles. The van der Waals surface area contributed by atoms with Crippen molar-refractivity contribution in [2.75, 3.05) is 23.0 Å². The molecule has 1 aliphatic rings. The van der Waals surface area contributed by atoms with Gasteiger partial charge in [-0.05, 0) is 31.5 Å². The second-order valence-electron chi connectivity index (χ2n) is 5.10. The number of rotatable bonds is 3. The van der Waals surface area contributed by atoms with Gasteiger partial charge in [0, 0.05) is 7.05 Å². The van der Waals surface area contributed by atoms with E-state index in [0.29, 0.717) is 11.5 Å². The maximum atomic E-state index is 11.5. The van der Waals surface area contributed by atoms with Gasteiger partial charge in [0.05, 0.1) is 23.2 Å². The Bertz CT molecular complexity index is 820. The quantitative estimate of drug-likeness (QED) is 0.917. The van der Waals surface area contributed by atoms with Crippen molar-refractivity contribution in [3.05, 3.63) is 35.7 Å². The first-order valence-corrected chi connectivity index (χ1v) is 8.33. The number of hydrogen-bond acceptors (Lipinski definition) is 6. The maximum Gasteiger partial charge on any atom is 0.229 e. The summed E-state index contributed by atoms with van der Waals surface area (Å²) in [7, 11) is -1.64. The van der Waals surface area contributed by atoms with Gasteiger partial charge in [0.2, 0.25) is 10.0 Å². The van der Waals surface area contributed by atoms with E-state index in [1.807, 2.05) is 31.9 Å². The SMILES string of the molecule is C=C1N(C)C(C)=NN1c1cc(NS(C)(=O)=O)c(C#N)cc1C. The van der Waals surface area contributed by atoms with Crippen molar-refractivity contribution >= 4 is 27.2 Å². The van der Waals surface area contributed by atoms with E-state index >= 15 is 0 Å². The summed E-state index contributed by atoms with van der Waals surface area (Å²) in [6.07, 6.45) is 1.04. The predicted molar refractivity (Wildman–Crippen MR) is 86.9 cm³/mol. The van der Waals surface area contributed by atoms with E-state index < -0.39 is 10.0 Å². The maximum absolute atomic E-state index is 11.5. The van der Waals surface area contributed by atoms with Crippen molar-refractivity contribution in [3.63, 3.8) is 0 Å². The van der Waals surface area contributed by atoms with E-state index in [2.05, 4.69) is 16.4 Å². The standard InChI is InChI=1S/C14H17N5O2S/c1-9-6-12(8-15)13(17-22(5,20)21)7-14(9)19-11(3)18(4)10(2)16-19/h6-7,17H,3H2,1-2,4-5H3. The van der Waals surface area contributed by atoms with E-state index in [1.54, 1.807) is 17.1 Å². The van der Waals surface area contributed by atoms with Gasteiger partial charge in [-0.15, -0.1) is 0 Å². The molecule has 22 heavy (non-hydrogen) atoms. The molecule has 8 heteroatoms. The number of benzene rings is 1. The monoisotopic (exact) mass is 319 g/mol. The molecule has 1 N–H and O–H groups in total. The smallest absolute Gasteiger partial charge is 0.229 e. The Morgan fingerprint density at radius 3 is 2.45 bits per heavy atom. The Morgan fingerprint density at radius 2 is 2.00 bits per heavy atom. The summed E-state index contributed by atoms with van der Waals surface area (Å²) < 4.78 is 25.3. The van der Waals surface area contributed by atoms with Crippen molar-refractivity contribution in [2.24, 2.45) is 5.10 Å². The molecule has 7 nitrogen and oxygen atoms in total. The summed E-state index contributed by atoms with van der Waals surface area (Å²) in [5, 5.41) is 15.2. The third kappa shape index (κ3) is 2.89. The van der Waals surface area contributed by atoms with Crippen LogP contribution in [0.1, 0.15) is 18.1 Å². The molecule has 0 atom stereocenters. The number of nitrogens with one attached hydrogen (secondary N) is 1. The summed E-state index contributed by atoms with van der Waals surface area (Å²) in [6.45, 7) is 7.64. The fourth-order valence-electron chi connectivity index (χ4n) is 2.09. The summed E-state index contributed by atoms with van der Waals surface area (Å²) in [5.41, 5.74) is 1.94. The number of hydrogen-bond donors (Lipinski definition) is 1. The molecule has 0 fully saturated rings. The van der Waals surface area contributed by atoms with Crippen molar-refractivity contribution in [1.29, 1.82) is 5.26 Å². The van der Waals surface area contributed by atoms with Crippen LogP contribution in [0.15, 0.2) is 29.6 Å².